The first-order chi connectivity index (χ1) is 10.9. The fourth-order valence-corrected chi connectivity index (χ4v) is 4.44. The second-order valence-electron chi connectivity index (χ2n) is 5.36. The number of nitrogens with one attached hydrogen (secondary N) is 2. The van der Waals surface area contributed by atoms with Crippen LogP contribution >= 0.6 is 11.3 Å². The lowest BCUT2D eigenvalue weighted by atomic mass is 9.94. The summed E-state index contributed by atoms with van der Waals surface area (Å²) in [4.78, 5) is 11.6. The third kappa shape index (κ3) is 3.18. The molecule has 3 rings (SSSR count). The van der Waals surface area contributed by atoms with Crippen molar-refractivity contribution in [1.82, 2.24) is 0 Å². The van der Waals surface area contributed by atoms with Crippen molar-refractivity contribution in [2.24, 2.45) is 0 Å². The van der Waals surface area contributed by atoms with Gasteiger partial charge >= 0.3 is 6.09 Å². The van der Waals surface area contributed by atoms with E-state index in [0.29, 0.717) is 11.4 Å². The zero-order chi connectivity index (χ0) is 16.6. The van der Waals surface area contributed by atoms with E-state index in [1.165, 1.54) is 0 Å². The normalized spacial score (nSPS) is 20.9. The molecule has 1 aromatic heterocycles. The predicted octanol–water partition coefficient (Wildman–Crippen LogP) is 3.60. The number of anilines is 2. The van der Waals surface area contributed by atoms with E-state index in [0.717, 1.165) is 16.9 Å². The summed E-state index contributed by atoms with van der Waals surface area (Å²) in [5.74, 6) is -0.0601. The zero-order valence-electron chi connectivity index (χ0n) is 12.6. The minimum atomic E-state index is -3.60. The van der Waals surface area contributed by atoms with Crippen molar-refractivity contribution in [2.75, 3.05) is 10.0 Å². The number of hydrogen-bond donors (Lipinski definition) is 2. The molecular formula is C15H16N2O4S2. The number of carbonyl (C=O) groups excluding carboxylic acids is 1. The largest absolute Gasteiger partial charge is 0.446 e. The number of sulfonamides is 1. The number of carbonyl (C=O) groups is 1. The van der Waals surface area contributed by atoms with Crippen molar-refractivity contribution in [3.05, 3.63) is 41.3 Å². The molecule has 0 aliphatic carbocycles. The van der Waals surface area contributed by atoms with E-state index in [4.69, 9.17) is 4.74 Å². The van der Waals surface area contributed by atoms with Gasteiger partial charge in [0.2, 0.25) is 0 Å². The van der Waals surface area contributed by atoms with Crippen LogP contribution in [0.25, 0.3) is 0 Å². The summed E-state index contributed by atoms with van der Waals surface area (Å²) < 4.78 is 32.6. The van der Waals surface area contributed by atoms with Crippen LogP contribution in [0.3, 0.4) is 0 Å². The Morgan fingerprint density at radius 2 is 2.04 bits per heavy atom. The Kier molecular flexibility index (Phi) is 4.03. The second kappa shape index (κ2) is 5.86. The van der Waals surface area contributed by atoms with Gasteiger partial charge in [0.05, 0.1) is 0 Å². The first-order valence-electron chi connectivity index (χ1n) is 7.05. The smallest absolute Gasteiger partial charge is 0.411 e. The van der Waals surface area contributed by atoms with Crippen LogP contribution in [-0.2, 0) is 14.8 Å². The van der Waals surface area contributed by atoms with Crippen molar-refractivity contribution < 1.29 is 17.9 Å². The van der Waals surface area contributed by atoms with Gasteiger partial charge in [-0.15, -0.1) is 11.3 Å². The van der Waals surface area contributed by atoms with Crippen LogP contribution in [0, 0.1) is 0 Å². The van der Waals surface area contributed by atoms with E-state index >= 15 is 0 Å². The molecule has 0 fully saturated rings. The van der Waals surface area contributed by atoms with Crippen molar-refractivity contribution in [2.45, 2.75) is 30.1 Å². The SMILES string of the molecule is C[C@@H]1OC(=O)Nc2ccc(NS(=O)(=O)c3cccs3)cc2[C@H]1C. The van der Waals surface area contributed by atoms with Gasteiger partial charge in [0.25, 0.3) is 10.0 Å². The van der Waals surface area contributed by atoms with E-state index in [2.05, 4.69) is 10.0 Å². The Morgan fingerprint density at radius 3 is 2.74 bits per heavy atom. The van der Waals surface area contributed by atoms with Crippen LogP contribution in [0.5, 0.6) is 0 Å². The average Bonchev–Trinajstić information content (AvgIpc) is 2.99. The van der Waals surface area contributed by atoms with Crippen molar-refractivity contribution in [1.29, 1.82) is 0 Å². The molecule has 0 bridgehead atoms. The van der Waals surface area contributed by atoms with Crippen LogP contribution < -0.4 is 10.0 Å². The van der Waals surface area contributed by atoms with Gasteiger partial charge in [0.15, 0.2) is 0 Å². The van der Waals surface area contributed by atoms with E-state index in [1.54, 1.807) is 35.7 Å². The topological polar surface area (TPSA) is 84.5 Å². The molecule has 1 aromatic carbocycles. The molecule has 2 aromatic rings. The quantitative estimate of drug-likeness (QED) is 0.884. The Bertz CT molecular complexity index is 831. The molecule has 2 N–H and O–H groups in total. The first-order valence-corrected chi connectivity index (χ1v) is 9.41. The monoisotopic (exact) mass is 352 g/mol. The second-order valence-corrected chi connectivity index (χ2v) is 8.22. The zero-order valence-corrected chi connectivity index (χ0v) is 14.2. The molecule has 1 aliphatic heterocycles. The first kappa shape index (κ1) is 15.8. The van der Waals surface area contributed by atoms with Crippen LogP contribution in [0.15, 0.2) is 39.9 Å². The summed E-state index contributed by atoms with van der Waals surface area (Å²) in [6.45, 7) is 3.74. The number of amides is 1. The molecule has 6 nitrogen and oxygen atoms in total. The van der Waals surface area contributed by atoms with Gasteiger partial charge in [0.1, 0.15) is 10.3 Å². The highest BCUT2D eigenvalue weighted by molar-refractivity contribution is 7.94. The van der Waals surface area contributed by atoms with Crippen molar-refractivity contribution in [3.8, 4) is 0 Å². The Balaban J connectivity index is 1.95. The molecule has 0 unspecified atom stereocenters. The van der Waals surface area contributed by atoms with Crippen molar-refractivity contribution >= 4 is 38.8 Å². The van der Waals surface area contributed by atoms with E-state index in [1.807, 2.05) is 13.8 Å². The van der Waals surface area contributed by atoms with E-state index in [9.17, 15) is 13.2 Å². The Hall–Kier alpha value is -2.06. The molecule has 8 heteroatoms. The minimum Gasteiger partial charge on any atom is -0.446 e. The summed E-state index contributed by atoms with van der Waals surface area (Å²) >= 11 is 1.15. The third-order valence-electron chi connectivity index (χ3n) is 3.79. The molecule has 0 saturated carbocycles. The van der Waals surface area contributed by atoms with Crippen LogP contribution in [-0.4, -0.2) is 20.6 Å². The molecule has 0 spiro atoms. The average molecular weight is 352 g/mol. The lowest BCUT2D eigenvalue weighted by Gasteiger charge is -2.18. The number of hydrogen-bond acceptors (Lipinski definition) is 5. The highest BCUT2D eigenvalue weighted by Gasteiger charge is 2.26. The van der Waals surface area contributed by atoms with Crippen LogP contribution in [0.1, 0.15) is 25.3 Å². The number of fused-ring (bicyclic) bond motifs is 1. The van der Waals surface area contributed by atoms with Gasteiger partial charge in [0, 0.05) is 17.3 Å². The van der Waals surface area contributed by atoms with Gasteiger partial charge < -0.3 is 4.74 Å². The molecule has 23 heavy (non-hydrogen) atoms. The highest BCUT2D eigenvalue weighted by Crippen LogP contribution is 2.34. The van der Waals surface area contributed by atoms with E-state index < -0.39 is 16.1 Å². The molecule has 1 amide bonds. The molecule has 2 atom stereocenters. The minimum absolute atomic E-state index is 0.0601. The van der Waals surface area contributed by atoms with Gasteiger partial charge in [-0.25, -0.2) is 13.2 Å². The third-order valence-corrected chi connectivity index (χ3v) is 6.57. The summed E-state index contributed by atoms with van der Waals surface area (Å²) in [6, 6.07) is 8.27. The van der Waals surface area contributed by atoms with Crippen LogP contribution in [0.4, 0.5) is 16.2 Å². The molecule has 1 aliphatic rings. The maximum atomic E-state index is 12.3. The molecule has 2 heterocycles. The van der Waals surface area contributed by atoms with Crippen LogP contribution in [0.2, 0.25) is 0 Å². The lowest BCUT2D eigenvalue weighted by Crippen LogP contribution is -2.19. The Labute approximate surface area is 138 Å². The summed E-state index contributed by atoms with van der Waals surface area (Å²) in [5, 5.41) is 4.38. The van der Waals surface area contributed by atoms with Gasteiger partial charge in [-0.05, 0) is 42.1 Å². The number of thiophene rings is 1. The number of ether oxygens (including phenoxy) is 1. The fourth-order valence-electron chi connectivity index (χ4n) is 2.40. The van der Waals surface area contributed by atoms with E-state index in [-0.39, 0.29) is 16.2 Å². The predicted molar refractivity (Wildman–Crippen MR) is 89.6 cm³/mol. The number of benzene rings is 1. The molecule has 0 saturated heterocycles. The highest BCUT2D eigenvalue weighted by atomic mass is 32.2. The van der Waals surface area contributed by atoms with Gasteiger partial charge in [-0.1, -0.05) is 13.0 Å². The summed E-state index contributed by atoms with van der Waals surface area (Å²) in [7, 11) is -3.60. The number of rotatable bonds is 3. The molecule has 0 radical (unpaired) electrons. The van der Waals surface area contributed by atoms with Gasteiger partial charge in [-0.3, -0.25) is 10.0 Å². The van der Waals surface area contributed by atoms with Crippen molar-refractivity contribution in [3.63, 3.8) is 0 Å². The fraction of sp³-hybridized carbons (Fsp3) is 0.267. The summed E-state index contributed by atoms with van der Waals surface area (Å²) in [6.07, 6.45) is -0.810. The van der Waals surface area contributed by atoms with Gasteiger partial charge in [-0.2, -0.15) is 0 Å². The Morgan fingerprint density at radius 1 is 1.26 bits per heavy atom. The maximum Gasteiger partial charge on any atom is 0.411 e. The standard InChI is InChI=1S/C15H16N2O4S2/c1-9-10(2)21-15(18)16-13-6-5-11(8-12(9)13)17-23(19,20)14-4-3-7-22-14/h3-10,17H,1-2H3,(H,16,18)/t9-,10-/m0/s1. The summed E-state index contributed by atoms with van der Waals surface area (Å²) in [5.41, 5.74) is 1.91. The lowest BCUT2D eigenvalue weighted by molar-refractivity contribution is 0.110. The molecule has 122 valence electrons. The molecular weight excluding hydrogens is 336 g/mol. The maximum absolute atomic E-state index is 12.3. The number of cyclic esters (lactones) is 1.